The molecule has 3 atom stereocenters. The highest BCUT2D eigenvalue weighted by molar-refractivity contribution is 7.88. The number of aromatic amines is 2. The third kappa shape index (κ3) is 8.72. The Hall–Kier alpha value is -4.96. The van der Waals surface area contributed by atoms with Gasteiger partial charge in [0, 0.05) is 60.4 Å². The fourth-order valence-electron chi connectivity index (χ4n) is 8.41. The lowest BCUT2D eigenvalue weighted by Crippen LogP contribution is -2.54. The number of H-pyrrole nitrogens is 2. The molecule has 0 saturated carbocycles. The second-order valence-electron chi connectivity index (χ2n) is 16.2. The van der Waals surface area contributed by atoms with Gasteiger partial charge in [-0.2, -0.15) is 13.2 Å². The van der Waals surface area contributed by atoms with Gasteiger partial charge < -0.3 is 19.4 Å². The van der Waals surface area contributed by atoms with Crippen LogP contribution in [0.4, 0.5) is 13.2 Å². The van der Waals surface area contributed by atoms with Gasteiger partial charge in [0.15, 0.2) is 6.17 Å². The zero-order chi connectivity index (χ0) is 40.7. The molecule has 2 aliphatic heterocycles. The maximum absolute atomic E-state index is 13.6. The molecule has 8 rings (SSSR count). The predicted octanol–water partition coefficient (Wildman–Crippen LogP) is 7.42. The fraction of sp³-hybridized carbons (Fsp3) is 0.395. The molecule has 0 radical (unpaired) electrons. The number of sulfonamides is 1. The number of ether oxygens (including phenoxy) is 2. The smallest absolute Gasteiger partial charge is 0.416 e. The summed E-state index contributed by atoms with van der Waals surface area (Å²) >= 11 is 0. The normalized spacial score (nSPS) is 20.8. The molecule has 15 heteroatoms. The van der Waals surface area contributed by atoms with Gasteiger partial charge in [0.2, 0.25) is 10.0 Å². The number of alkyl halides is 3. The summed E-state index contributed by atoms with van der Waals surface area (Å²) < 4.78 is 82.3. The molecule has 0 bridgehead atoms. The van der Waals surface area contributed by atoms with E-state index in [-0.39, 0.29) is 18.1 Å². The van der Waals surface area contributed by atoms with Gasteiger partial charge in [-0.3, -0.25) is 5.32 Å². The molecule has 4 N–H and O–H groups in total. The van der Waals surface area contributed by atoms with Crippen molar-refractivity contribution in [3.8, 4) is 33.8 Å². The third-order valence-electron chi connectivity index (χ3n) is 11.5. The predicted molar refractivity (Wildman–Crippen MR) is 218 cm³/mol. The molecule has 2 unspecified atom stereocenters. The van der Waals surface area contributed by atoms with E-state index in [0.717, 1.165) is 97.2 Å². The maximum atomic E-state index is 13.6. The average molecular weight is 817 g/mol. The van der Waals surface area contributed by atoms with E-state index in [2.05, 4.69) is 60.7 Å². The van der Waals surface area contributed by atoms with Crippen LogP contribution in [0, 0.1) is 11.3 Å². The Labute approximate surface area is 336 Å². The van der Waals surface area contributed by atoms with Crippen LogP contribution in [0.3, 0.4) is 0 Å². The molecule has 11 nitrogen and oxygen atoms in total. The average Bonchev–Trinajstić information content (AvgIpc) is 3.84. The first-order valence-electron chi connectivity index (χ1n) is 19.6. The number of likely N-dealkylation sites (tertiary alicyclic amines) is 1. The maximum Gasteiger partial charge on any atom is 0.416 e. The lowest BCUT2D eigenvalue weighted by atomic mass is 9.80. The molecule has 2 aromatic carbocycles. The summed E-state index contributed by atoms with van der Waals surface area (Å²) in [4.78, 5) is 13.5. The van der Waals surface area contributed by atoms with Crippen molar-refractivity contribution in [2.24, 2.45) is 11.3 Å². The number of halogens is 3. The zero-order valence-electron chi connectivity index (χ0n) is 32.8. The minimum atomic E-state index is -4.46. The molecular formula is C43H49F3N7O4S+. The number of hydrogen-bond acceptors (Lipinski definition) is 7. The molecule has 2 aliphatic rings. The van der Waals surface area contributed by atoms with Crippen molar-refractivity contribution in [1.82, 2.24) is 29.9 Å². The van der Waals surface area contributed by atoms with E-state index in [4.69, 9.17) is 9.47 Å². The van der Waals surface area contributed by atoms with Crippen molar-refractivity contribution in [3.05, 3.63) is 96.6 Å². The number of nitrogens with zero attached hydrogens (tertiary/aromatic N) is 3. The number of pyridine rings is 2. The third-order valence-corrected chi connectivity index (χ3v) is 12.2. The second kappa shape index (κ2) is 16.0. The van der Waals surface area contributed by atoms with E-state index in [0.29, 0.717) is 47.0 Å². The number of fused-ring (bicyclic) bond motifs is 2. The van der Waals surface area contributed by atoms with Crippen LogP contribution in [-0.4, -0.2) is 74.4 Å². The van der Waals surface area contributed by atoms with Crippen molar-refractivity contribution in [1.29, 1.82) is 0 Å². The summed E-state index contributed by atoms with van der Waals surface area (Å²) in [7, 11) is -1.17. The highest BCUT2D eigenvalue weighted by atomic mass is 32.2. The summed E-state index contributed by atoms with van der Waals surface area (Å²) in [6.45, 7) is 6.25. The molecule has 2 fully saturated rings. The molecule has 0 spiro atoms. The quantitative estimate of drug-likeness (QED) is 0.0948. The van der Waals surface area contributed by atoms with Gasteiger partial charge in [0.25, 0.3) is 5.65 Å². The lowest BCUT2D eigenvalue weighted by molar-refractivity contribution is -0.710. The van der Waals surface area contributed by atoms with Gasteiger partial charge >= 0.3 is 6.18 Å². The van der Waals surface area contributed by atoms with Crippen LogP contribution in [0.2, 0.25) is 0 Å². The molecule has 6 heterocycles. The Morgan fingerprint density at radius 3 is 2.55 bits per heavy atom. The SMILES string of the molecule is CN1CCC[C@H](COc2cc[n+](C3CC(C)(COc4ccnc5[nH]cc(-c6cccc(C(F)(F)F)c6)c45)CCN3)c3[nH]cc(-c4ccc(CNS(C)(=O)=O)cc4)c23)C1. The Kier molecular flexibility index (Phi) is 11.0. The molecule has 0 aliphatic carbocycles. The lowest BCUT2D eigenvalue weighted by Gasteiger charge is -2.37. The summed E-state index contributed by atoms with van der Waals surface area (Å²) in [5, 5.41) is 5.33. The summed E-state index contributed by atoms with van der Waals surface area (Å²) in [5.41, 5.74) is 4.30. The number of piperidine rings is 2. The van der Waals surface area contributed by atoms with E-state index >= 15 is 0 Å². The van der Waals surface area contributed by atoms with Crippen molar-refractivity contribution in [2.75, 3.05) is 46.2 Å². The van der Waals surface area contributed by atoms with Crippen LogP contribution in [0.5, 0.6) is 11.5 Å². The fourth-order valence-corrected chi connectivity index (χ4v) is 8.84. The van der Waals surface area contributed by atoms with E-state index in [1.54, 1.807) is 24.5 Å². The molecule has 6 aromatic rings. The van der Waals surface area contributed by atoms with Crippen molar-refractivity contribution < 1.29 is 35.6 Å². The van der Waals surface area contributed by atoms with Crippen molar-refractivity contribution in [2.45, 2.75) is 51.5 Å². The van der Waals surface area contributed by atoms with Crippen molar-refractivity contribution in [3.63, 3.8) is 0 Å². The molecule has 2 saturated heterocycles. The van der Waals surface area contributed by atoms with E-state index in [9.17, 15) is 21.6 Å². The first kappa shape index (κ1) is 39.8. The molecule has 4 aromatic heterocycles. The van der Waals surface area contributed by atoms with Gasteiger partial charge in [-0.15, -0.1) is 0 Å². The van der Waals surface area contributed by atoms with E-state index in [1.165, 1.54) is 6.07 Å². The Morgan fingerprint density at radius 2 is 1.78 bits per heavy atom. The zero-order valence-corrected chi connectivity index (χ0v) is 33.6. The highest BCUT2D eigenvalue weighted by Crippen LogP contribution is 2.41. The first-order chi connectivity index (χ1) is 27.7. The Balaban J connectivity index is 1.07. The van der Waals surface area contributed by atoms with Gasteiger partial charge in [0.1, 0.15) is 22.5 Å². The van der Waals surface area contributed by atoms with Gasteiger partial charge in [-0.25, -0.2) is 27.7 Å². The molecule has 58 heavy (non-hydrogen) atoms. The van der Waals surface area contributed by atoms with Crippen LogP contribution in [0.25, 0.3) is 44.3 Å². The summed E-state index contributed by atoms with van der Waals surface area (Å²) in [6, 6.07) is 17.0. The van der Waals surface area contributed by atoms with Crippen LogP contribution < -0.4 is 24.1 Å². The summed E-state index contributed by atoms with van der Waals surface area (Å²) in [6.07, 6.45) is 7.85. The number of aromatic nitrogens is 4. The van der Waals surface area contributed by atoms with Crippen LogP contribution in [0.15, 0.2) is 85.5 Å². The first-order valence-corrected chi connectivity index (χ1v) is 21.5. The van der Waals surface area contributed by atoms with Crippen molar-refractivity contribution >= 4 is 32.1 Å². The molecule has 0 amide bonds. The van der Waals surface area contributed by atoms with E-state index in [1.807, 2.05) is 30.5 Å². The Morgan fingerprint density at radius 1 is 1.00 bits per heavy atom. The molecule has 306 valence electrons. The van der Waals surface area contributed by atoms with Gasteiger partial charge in [0.05, 0.1) is 42.8 Å². The van der Waals surface area contributed by atoms with Gasteiger partial charge in [-0.05, 0) is 74.3 Å². The topological polar surface area (TPSA) is 128 Å². The van der Waals surface area contributed by atoms with Crippen LogP contribution >= 0.6 is 0 Å². The molecular weight excluding hydrogens is 768 g/mol. The Bertz CT molecular complexity index is 2520. The number of nitrogens with one attached hydrogen (secondary N) is 4. The summed E-state index contributed by atoms with van der Waals surface area (Å²) in [5.74, 6) is 1.79. The minimum absolute atomic E-state index is 0.0905. The standard InChI is InChI=1S/C43H48F3N7O4S/c1-42(27-57-35-13-16-48-40-38(35)34(23-49-40)31-7-4-8-32(20-31)43(44,45)46)15-17-47-37(21-42)53-19-14-36(56-26-29-6-5-18-52(2)25-29)39-33(24-50-41(39)53)30-11-9-28(10-12-30)22-51-58(3,54)55/h4,7-14,16,19-20,23-24,29,37,47,51H,5-6,15,17-18,21-22,25-27H2,1-3H3,(H,48,49)/p+1/t29-,37?,42?/m0/s1. The van der Waals surface area contributed by atoms with E-state index < -0.39 is 21.8 Å². The number of hydrogen-bond donors (Lipinski definition) is 4. The number of rotatable bonds is 12. The van der Waals surface area contributed by atoms with Crippen LogP contribution in [0.1, 0.15) is 49.9 Å². The second-order valence-corrected chi connectivity index (χ2v) is 18.1. The van der Waals surface area contributed by atoms with Gasteiger partial charge in [-0.1, -0.05) is 43.3 Å². The minimum Gasteiger partial charge on any atom is -0.492 e. The number of benzene rings is 2. The van der Waals surface area contributed by atoms with Crippen LogP contribution in [-0.2, 0) is 22.7 Å². The largest absolute Gasteiger partial charge is 0.492 e. The highest BCUT2D eigenvalue weighted by Gasteiger charge is 2.38. The monoisotopic (exact) mass is 816 g/mol.